The van der Waals surface area contributed by atoms with Gasteiger partial charge in [0.15, 0.2) is 11.5 Å². The fourth-order valence-corrected chi connectivity index (χ4v) is 3.60. The lowest BCUT2D eigenvalue weighted by molar-refractivity contribution is 0.0728. The van der Waals surface area contributed by atoms with Crippen LogP contribution in [0.3, 0.4) is 0 Å². The van der Waals surface area contributed by atoms with Gasteiger partial charge in [-0.15, -0.1) is 0 Å². The second-order valence-corrected chi connectivity index (χ2v) is 7.02. The molecule has 1 N–H and O–H groups in total. The number of nitrogens with one attached hydrogen (secondary N) is 1. The molecule has 1 amide bonds. The molecule has 29 heavy (non-hydrogen) atoms. The van der Waals surface area contributed by atoms with E-state index in [1.165, 1.54) is 17.3 Å². The summed E-state index contributed by atoms with van der Waals surface area (Å²) in [5, 5.41) is 3.18. The number of ether oxygens (including phenoxy) is 2. The molecule has 0 unspecified atom stereocenters. The number of fused-ring (bicyclic) bond motifs is 2. The van der Waals surface area contributed by atoms with Gasteiger partial charge in [0, 0.05) is 24.8 Å². The number of rotatable bonds is 3. The van der Waals surface area contributed by atoms with E-state index in [9.17, 15) is 4.79 Å². The van der Waals surface area contributed by atoms with Gasteiger partial charge in [0.2, 0.25) is 0 Å². The number of nitrogens with zero attached hydrogens (tertiary/aromatic N) is 3. The van der Waals surface area contributed by atoms with Crippen LogP contribution in [0.4, 0.5) is 11.5 Å². The zero-order chi connectivity index (χ0) is 19.6. The molecule has 0 bridgehead atoms. The lowest BCUT2D eigenvalue weighted by atomic mass is 10.00. The van der Waals surface area contributed by atoms with Crippen molar-refractivity contribution in [3.8, 4) is 11.5 Å². The first-order chi connectivity index (χ1) is 14.3. The highest BCUT2D eigenvalue weighted by Gasteiger charge is 2.22. The molecule has 0 saturated heterocycles. The van der Waals surface area contributed by atoms with Crippen LogP contribution < -0.4 is 14.8 Å². The van der Waals surface area contributed by atoms with Gasteiger partial charge in [-0.3, -0.25) is 4.79 Å². The minimum absolute atomic E-state index is 0.0992. The summed E-state index contributed by atoms with van der Waals surface area (Å²) < 4.78 is 11.1. The quantitative estimate of drug-likeness (QED) is 0.743. The Kier molecular flexibility index (Phi) is 4.48. The Morgan fingerprint density at radius 3 is 2.62 bits per heavy atom. The van der Waals surface area contributed by atoms with Gasteiger partial charge in [0.05, 0.1) is 12.4 Å². The molecule has 0 aliphatic carbocycles. The number of hydrogen-bond acceptors (Lipinski definition) is 6. The SMILES string of the molecule is O=C(c1cnc(Nc2ccc3c(c2)OCCO3)cn1)N1CCc2ccccc2C1. The molecule has 7 heteroatoms. The average molecular weight is 388 g/mol. The molecule has 0 atom stereocenters. The molecule has 3 aromatic rings. The first kappa shape index (κ1) is 17.5. The van der Waals surface area contributed by atoms with Crippen LogP contribution >= 0.6 is 0 Å². The molecular formula is C22H20N4O3. The summed E-state index contributed by atoms with van der Waals surface area (Å²) in [6.07, 6.45) is 3.95. The Morgan fingerprint density at radius 1 is 0.966 bits per heavy atom. The smallest absolute Gasteiger partial charge is 0.274 e. The van der Waals surface area contributed by atoms with Gasteiger partial charge in [-0.2, -0.15) is 0 Å². The summed E-state index contributed by atoms with van der Waals surface area (Å²) in [5.41, 5.74) is 3.66. The van der Waals surface area contributed by atoms with Crippen LogP contribution in [0.2, 0.25) is 0 Å². The summed E-state index contributed by atoms with van der Waals surface area (Å²) in [6.45, 7) is 2.39. The van der Waals surface area contributed by atoms with Crippen LogP contribution in [0.25, 0.3) is 0 Å². The molecule has 2 aromatic carbocycles. The van der Waals surface area contributed by atoms with Gasteiger partial charge < -0.3 is 19.7 Å². The molecule has 0 spiro atoms. The summed E-state index contributed by atoms with van der Waals surface area (Å²) in [4.78, 5) is 23.3. The van der Waals surface area contributed by atoms with Gasteiger partial charge in [0.25, 0.3) is 5.91 Å². The molecule has 0 fully saturated rings. The number of amides is 1. The van der Waals surface area contributed by atoms with Crippen molar-refractivity contribution in [2.75, 3.05) is 25.1 Å². The van der Waals surface area contributed by atoms with E-state index < -0.39 is 0 Å². The average Bonchev–Trinajstić information content (AvgIpc) is 2.79. The lowest BCUT2D eigenvalue weighted by Gasteiger charge is -2.28. The third-order valence-electron chi connectivity index (χ3n) is 5.10. The molecule has 0 radical (unpaired) electrons. The predicted molar refractivity (Wildman–Crippen MR) is 108 cm³/mol. The van der Waals surface area contributed by atoms with Crippen LogP contribution in [0.5, 0.6) is 11.5 Å². The van der Waals surface area contributed by atoms with Crippen LogP contribution in [-0.2, 0) is 13.0 Å². The predicted octanol–water partition coefficient (Wildman–Crippen LogP) is 3.19. The first-order valence-electron chi connectivity index (χ1n) is 9.61. The number of carbonyl (C=O) groups is 1. The zero-order valence-corrected chi connectivity index (χ0v) is 15.8. The fourth-order valence-electron chi connectivity index (χ4n) is 3.60. The van der Waals surface area contributed by atoms with Gasteiger partial charge in [0.1, 0.15) is 24.7 Å². The largest absolute Gasteiger partial charge is 0.486 e. The summed E-state index contributed by atoms with van der Waals surface area (Å²) in [6, 6.07) is 13.8. The Balaban J connectivity index is 1.27. The van der Waals surface area contributed by atoms with Gasteiger partial charge in [-0.25, -0.2) is 9.97 Å². The molecule has 2 aliphatic heterocycles. The van der Waals surface area contributed by atoms with Crippen LogP contribution in [-0.4, -0.2) is 40.5 Å². The van der Waals surface area contributed by atoms with Crippen LogP contribution in [0.15, 0.2) is 54.9 Å². The molecule has 1 aromatic heterocycles. The van der Waals surface area contributed by atoms with E-state index in [-0.39, 0.29) is 5.91 Å². The minimum Gasteiger partial charge on any atom is -0.486 e. The number of aromatic nitrogens is 2. The second kappa shape index (κ2) is 7.43. The summed E-state index contributed by atoms with van der Waals surface area (Å²) in [7, 11) is 0. The van der Waals surface area contributed by atoms with Crippen molar-refractivity contribution in [2.24, 2.45) is 0 Å². The van der Waals surface area contributed by atoms with E-state index >= 15 is 0 Å². The van der Waals surface area contributed by atoms with Crippen molar-refractivity contribution in [3.63, 3.8) is 0 Å². The standard InChI is InChI=1S/C22H20N4O3/c27-22(26-8-7-15-3-1-2-4-16(15)14-26)18-12-24-21(13-23-18)25-17-5-6-19-20(11-17)29-10-9-28-19/h1-6,11-13H,7-10,14H2,(H,24,25). The Bertz CT molecular complexity index is 1050. The van der Waals surface area contributed by atoms with E-state index in [1.54, 1.807) is 6.20 Å². The van der Waals surface area contributed by atoms with Crippen molar-refractivity contribution in [2.45, 2.75) is 13.0 Å². The molecule has 146 valence electrons. The summed E-state index contributed by atoms with van der Waals surface area (Å²) >= 11 is 0. The number of anilines is 2. The van der Waals surface area contributed by atoms with Crippen molar-refractivity contribution in [3.05, 3.63) is 71.7 Å². The summed E-state index contributed by atoms with van der Waals surface area (Å²) in [5.74, 6) is 1.89. The van der Waals surface area contributed by atoms with E-state index in [0.717, 1.165) is 17.9 Å². The van der Waals surface area contributed by atoms with Crippen molar-refractivity contribution in [1.29, 1.82) is 0 Å². The third kappa shape index (κ3) is 3.59. The van der Waals surface area contributed by atoms with E-state index in [1.807, 2.05) is 35.2 Å². The van der Waals surface area contributed by atoms with E-state index in [0.29, 0.717) is 43.6 Å². The number of carbonyl (C=O) groups excluding carboxylic acids is 1. The van der Waals surface area contributed by atoms with Crippen LogP contribution in [0, 0.1) is 0 Å². The molecule has 7 nitrogen and oxygen atoms in total. The van der Waals surface area contributed by atoms with Crippen molar-refractivity contribution >= 4 is 17.4 Å². The maximum atomic E-state index is 12.8. The second-order valence-electron chi connectivity index (χ2n) is 7.02. The molecule has 2 aliphatic rings. The number of hydrogen-bond donors (Lipinski definition) is 1. The topological polar surface area (TPSA) is 76.6 Å². The minimum atomic E-state index is -0.0992. The highest BCUT2D eigenvalue weighted by atomic mass is 16.6. The maximum absolute atomic E-state index is 12.8. The number of benzene rings is 2. The Hall–Kier alpha value is -3.61. The molecular weight excluding hydrogens is 368 g/mol. The molecule has 3 heterocycles. The van der Waals surface area contributed by atoms with Gasteiger partial charge >= 0.3 is 0 Å². The highest BCUT2D eigenvalue weighted by molar-refractivity contribution is 5.92. The van der Waals surface area contributed by atoms with Crippen molar-refractivity contribution in [1.82, 2.24) is 14.9 Å². The monoisotopic (exact) mass is 388 g/mol. The third-order valence-corrected chi connectivity index (χ3v) is 5.10. The van der Waals surface area contributed by atoms with E-state index in [2.05, 4.69) is 27.4 Å². The molecule has 0 saturated carbocycles. The molecule has 5 rings (SSSR count). The van der Waals surface area contributed by atoms with Gasteiger partial charge in [-0.1, -0.05) is 24.3 Å². The normalized spacial score (nSPS) is 14.8. The Morgan fingerprint density at radius 2 is 1.79 bits per heavy atom. The first-order valence-corrected chi connectivity index (χ1v) is 9.61. The van der Waals surface area contributed by atoms with E-state index in [4.69, 9.17) is 9.47 Å². The van der Waals surface area contributed by atoms with Crippen molar-refractivity contribution < 1.29 is 14.3 Å². The lowest BCUT2D eigenvalue weighted by Crippen LogP contribution is -2.36. The maximum Gasteiger partial charge on any atom is 0.274 e. The zero-order valence-electron chi connectivity index (χ0n) is 15.8. The van der Waals surface area contributed by atoms with Gasteiger partial charge in [-0.05, 0) is 29.7 Å². The van der Waals surface area contributed by atoms with Crippen LogP contribution in [0.1, 0.15) is 21.6 Å². The fraction of sp³-hybridized carbons (Fsp3) is 0.227. The highest BCUT2D eigenvalue weighted by Crippen LogP contribution is 2.33. The Labute approximate surface area is 168 Å².